The fraction of sp³-hybridized carbons (Fsp3) is 0.179. The van der Waals surface area contributed by atoms with E-state index in [-0.39, 0.29) is 13.1 Å². The molecule has 1 atom stereocenters. The average Bonchev–Trinajstić information content (AvgIpc) is 3.44. The van der Waals surface area contributed by atoms with Gasteiger partial charge in [0.2, 0.25) is 5.91 Å². The van der Waals surface area contributed by atoms with Crippen LogP contribution in [-0.4, -0.2) is 44.1 Å². The fourth-order valence-corrected chi connectivity index (χ4v) is 4.32. The lowest BCUT2D eigenvalue weighted by atomic mass is 9.91. The third-order valence-electron chi connectivity index (χ3n) is 6.45. The van der Waals surface area contributed by atoms with Gasteiger partial charge in [-0.05, 0) is 43.7 Å². The highest BCUT2D eigenvalue weighted by atomic mass is 16.2. The Bertz CT molecular complexity index is 1450. The van der Waals surface area contributed by atoms with Crippen LogP contribution in [0.1, 0.15) is 23.6 Å². The lowest BCUT2D eigenvalue weighted by molar-refractivity contribution is -0.134. The van der Waals surface area contributed by atoms with Crippen LogP contribution in [0.15, 0.2) is 85.3 Å². The number of hydrogen-bond donors (Lipinski definition) is 2. The van der Waals surface area contributed by atoms with Gasteiger partial charge in [0.1, 0.15) is 12.1 Å². The molecule has 5 rings (SSSR count). The molecular weight excluding hydrogens is 468 g/mol. The maximum atomic E-state index is 13.2. The number of amides is 4. The Labute approximate surface area is 214 Å². The fourth-order valence-electron chi connectivity index (χ4n) is 4.32. The normalized spacial score (nSPS) is 17.1. The molecule has 1 saturated heterocycles. The number of carbonyl (C=O) groups is 3. The maximum absolute atomic E-state index is 13.2. The first kappa shape index (κ1) is 23.9. The van der Waals surface area contributed by atoms with Gasteiger partial charge >= 0.3 is 6.03 Å². The molecule has 0 spiro atoms. The minimum Gasteiger partial charge on any atom is -0.350 e. The van der Waals surface area contributed by atoms with Crippen molar-refractivity contribution in [1.29, 1.82) is 0 Å². The Morgan fingerprint density at radius 2 is 1.70 bits per heavy atom. The van der Waals surface area contributed by atoms with Gasteiger partial charge in [-0.25, -0.2) is 9.48 Å². The first-order chi connectivity index (χ1) is 17.8. The monoisotopic (exact) mass is 494 g/mol. The van der Waals surface area contributed by atoms with Crippen LogP contribution in [-0.2, 0) is 21.7 Å². The summed E-state index contributed by atoms with van der Waals surface area (Å²) in [6, 6.07) is 20.1. The number of rotatable bonds is 7. The average molecular weight is 495 g/mol. The van der Waals surface area contributed by atoms with E-state index in [0.717, 1.165) is 27.3 Å². The number of imide groups is 1. The van der Waals surface area contributed by atoms with E-state index in [1.165, 1.54) is 0 Å². The number of benzene rings is 2. The smallest absolute Gasteiger partial charge is 0.325 e. The largest absolute Gasteiger partial charge is 0.350 e. The third-order valence-corrected chi connectivity index (χ3v) is 6.45. The zero-order valence-electron chi connectivity index (χ0n) is 20.5. The Morgan fingerprint density at radius 1 is 1.00 bits per heavy atom. The van der Waals surface area contributed by atoms with Crippen LogP contribution in [0.25, 0.3) is 16.9 Å². The van der Waals surface area contributed by atoms with Gasteiger partial charge in [0.15, 0.2) is 0 Å². The van der Waals surface area contributed by atoms with Gasteiger partial charge in [0.05, 0.1) is 11.4 Å². The summed E-state index contributed by atoms with van der Waals surface area (Å²) in [5.74, 6) is -0.921. The molecule has 0 radical (unpaired) electrons. The molecule has 1 fully saturated rings. The van der Waals surface area contributed by atoms with E-state index >= 15 is 0 Å². The minimum atomic E-state index is -1.23. The number of pyridine rings is 1. The molecule has 2 aromatic carbocycles. The van der Waals surface area contributed by atoms with E-state index < -0.39 is 23.4 Å². The lowest BCUT2D eigenvalue weighted by Crippen LogP contribution is -2.43. The standard InChI is InChI=1S/C28H26N6O3/c1-19-8-10-22(11-9-19)28(2)26(36)33(27(37)31-28)18-24(35)30-16-21-17-34(23-6-4-3-5-7-23)32-25(21)20-12-14-29-15-13-20/h3-15,17H,16,18H2,1-2H3,(H,30,35)(H,31,37). The van der Waals surface area contributed by atoms with Crippen molar-refractivity contribution < 1.29 is 14.4 Å². The van der Waals surface area contributed by atoms with Crippen LogP contribution >= 0.6 is 0 Å². The molecule has 3 heterocycles. The first-order valence-electron chi connectivity index (χ1n) is 11.9. The van der Waals surface area contributed by atoms with Crippen molar-refractivity contribution in [2.75, 3.05) is 6.54 Å². The van der Waals surface area contributed by atoms with E-state index in [1.54, 1.807) is 24.0 Å². The summed E-state index contributed by atoms with van der Waals surface area (Å²) >= 11 is 0. The number of urea groups is 1. The predicted octanol–water partition coefficient (Wildman–Crippen LogP) is 3.33. The summed E-state index contributed by atoms with van der Waals surface area (Å²) in [4.78, 5) is 43.7. The quantitative estimate of drug-likeness (QED) is 0.383. The van der Waals surface area contributed by atoms with Gasteiger partial charge in [-0.3, -0.25) is 19.5 Å². The maximum Gasteiger partial charge on any atom is 0.325 e. The van der Waals surface area contributed by atoms with Crippen LogP contribution < -0.4 is 10.6 Å². The molecule has 9 nitrogen and oxygen atoms in total. The van der Waals surface area contributed by atoms with Crippen molar-refractivity contribution >= 4 is 17.8 Å². The zero-order valence-corrected chi connectivity index (χ0v) is 20.5. The number of nitrogens with one attached hydrogen (secondary N) is 2. The highest BCUT2D eigenvalue weighted by Gasteiger charge is 2.49. The molecule has 1 unspecified atom stereocenters. The van der Waals surface area contributed by atoms with Crippen molar-refractivity contribution in [1.82, 2.24) is 30.3 Å². The molecule has 0 saturated carbocycles. The van der Waals surface area contributed by atoms with Crippen LogP contribution in [0.2, 0.25) is 0 Å². The number of nitrogens with zero attached hydrogens (tertiary/aromatic N) is 4. The third kappa shape index (κ3) is 4.71. The number of hydrogen-bond acceptors (Lipinski definition) is 5. The molecule has 0 bridgehead atoms. The summed E-state index contributed by atoms with van der Waals surface area (Å²) in [7, 11) is 0. The van der Waals surface area contributed by atoms with Gasteiger partial charge in [-0.2, -0.15) is 5.10 Å². The zero-order chi connectivity index (χ0) is 26.0. The molecule has 0 aliphatic carbocycles. The molecular formula is C28H26N6O3. The molecule has 4 aromatic rings. The van der Waals surface area contributed by atoms with Crippen LogP contribution in [0.4, 0.5) is 4.79 Å². The summed E-state index contributed by atoms with van der Waals surface area (Å²) in [5.41, 5.74) is 3.70. The van der Waals surface area contributed by atoms with Gasteiger partial charge in [-0.15, -0.1) is 0 Å². The summed E-state index contributed by atoms with van der Waals surface area (Å²) < 4.78 is 1.75. The second kappa shape index (κ2) is 9.69. The highest BCUT2D eigenvalue weighted by Crippen LogP contribution is 2.29. The van der Waals surface area contributed by atoms with E-state index in [1.807, 2.05) is 79.9 Å². The SMILES string of the molecule is Cc1ccc(C2(C)NC(=O)N(CC(=O)NCc3cn(-c4ccccc4)nc3-c3ccncc3)C2=O)cc1. The van der Waals surface area contributed by atoms with Crippen molar-refractivity contribution in [2.24, 2.45) is 0 Å². The second-order valence-corrected chi connectivity index (χ2v) is 9.11. The van der Waals surface area contributed by atoms with Gasteiger partial charge in [0, 0.05) is 36.3 Å². The van der Waals surface area contributed by atoms with Crippen molar-refractivity contribution in [3.8, 4) is 16.9 Å². The molecule has 37 heavy (non-hydrogen) atoms. The Hall–Kier alpha value is -4.79. The summed E-state index contributed by atoms with van der Waals surface area (Å²) in [6.45, 7) is 3.38. The molecule has 2 aromatic heterocycles. The van der Waals surface area contributed by atoms with Crippen LogP contribution in [0, 0.1) is 6.92 Å². The Morgan fingerprint density at radius 3 is 2.41 bits per heavy atom. The summed E-state index contributed by atoms with van der Waals surface area (Å²) in [6.07, 6.45) is 5.22. The van der Waals surface area contributed by atoms with E-state index in [2.05, 4.69) is 15.6 Å². The highest BCUT2D eigenvalue weighted by molar-refractivity contribution is 6.09. The Kier molecular flexibility index (Phi) is 6.27. The number of carbonyl (C=O) groups excluding carboxylic acids is 3. The van der Waals surface area contributed by atoms with E-state index in [4.69, 9.17) is 5.10 Å². The van der Waals surface area contributed by atoms with E-state index in [9.17, 15) is 14.4 Å². The predicted molar refractivity (Wildman–Crippen MR) is 137 cm³/mol. The van der Waals surface area contributed by atoms with Gasteiger partial charge in [0.25, 0.3) is 5.91 Å². The van der Waals surface area contributed by atoms with E-state index in [0.29, 0.717) is 11.3 Å². The van der Waals surface area contributed by atoms with Gasteiger partial charge < -0.3 is 10.6 Å². The molecule has 186 valence electrons. The topological polar surface area (TPSA) is 109 Å². The lowest BCUT2D eigenvalue weighted by Gasteiger charge is -2.22. The molecule has 1 aliphatic heterocycles. The number of aryl methyl sites for hydroxylation is 1. The van der Waals surface area contributed by atoms with Crippen molar-refractivity contribution in [2.45, 2.75) is 25.9 Å². The van der Waals surface area contributed by atoms with Gasteiger partial charge in [-0.1, -0.05) is 48.0 Å². The van der Waals surface area contributed by atoms with Crippen molar-refractivity contribution in [3.63, 3.8) is 0 Å². The molecule has 4 amide bonds. The minimum absolute atomic E-state index is 0.169. The molecule has 9 heteroatoms. The molecule has 2 N–H and O–H groups in total. The van der Waals surface area contributed by atoms with Crippen LogP contribution in [0.5, 0.6) is 0 Å². The Balaban J connectivity index is 1.31. The number of para-hydroxylation sites is 1. The van der Waals surface area contributed by atoms with Crippen molar-refractivity contribution in [3.05, 3.63) is 102 Å². The summed E-state index contributed by atoms with van der Waals surface area (Å²) in [5, 5.41) is 10.3. The number of aromatic nitrogens is 3. The first-order valence-corrected chi connectivity index (χ1v) is 11.9. The van der Waals surface area contributed by atoms with Crippen LogP contribution in [0.3, 0.4) is 0 Å². The molecule has 1 aliphatic rings. The second-order valence-electron chi connectivity index (χ2n) is 9.11.